The van der Waals surface area contributed by atoms with Crippen molar-refractivity contribution in [3.8, 4) is 0 Å². The Bertz CT molecular complexity index is 392. The van der Waals surface area contributed by atoms with E-state index < -0.39 is 0 Å². The van der Waals surface area contributed by atoms with E-state index in [1.165, 1.54) is 17.7 Å². The standard InChI is InChI=1S/C14H21ClN2/c1-4-12-9-17(10(2)8-16-12)14-7-5-6-13(15)11(14)3/h5-7,10,12,16H,4,8-9H2,1-3H3. The van der Waals surface area contributed by atoms with E-state index in [0.29, 0.717) is 12.1 Å². The summed E-state index contributed by atoms with van der Waals surface area (Å²) in [7, 11) is 0. The largest absolute Gasteiger partial charge is 0.366 e. The number of hydrogen-bond donors (Lipinski definition) is 1. The lowest BCUT2D eigenvalue weighted by atomic mass is 10.0. The van der Waals surface area contributed by atoms with Crippen LogP contribution in [0.3, 0.4) is 0 Å². The Morgan fingerprint density at radius 2 is 2.24 bits per heavy atom. The molecule has 2 atom stereocenters. The Hall–Kier alpha value is -0.730. The number of halogens is 1. The summed E-state index contributed by atoms with van der Waals surface area (Å²) in [6.45, 7) is 8.71. The maximum atomic E-state index is 6.21. The highest BCUT2D eigenvalue weighted by Crippen LogP contribution is 2.29. The molecule has 2 unspecified atom stereocenters. The Kier molecular flexibility index (Phi) is 3.95. The van der Waals surface area contributed by atoms with Gasteiger partial charge in [-0.15, -0.1) is 0 Å². The highest BCUT2D eigenvalue weighted by Gasteiger charge is 2.25. The molecule has 0 amide bonds. The second kappa shape index (κ2) is 5.28. The second-order valence-electron chi connectivity index (χ2n) is 4.90. The lowest BCUT2D eigenvalue weighted by Crippen LogP contribution is -2.55. The summed E-state index contributed by atoms with van der Waals surface area (Å²) >= 11 is 6.21. The van der Waals surface area contributed by atoms with Crippen LogP contribution in [-0.2, 0) is 0 Å². The fourth-order valence-corrected chi connectivity index (χ4v) is 2.62. The lowest BCUT2D eigenvalue weighted by molar-refractivity contribution is 0.397. The van der Waals surface area contributed by atoms with Gasteiger partial charge in [0.15, 0.2) is 0 Å². The van der Waals surface area contributed by atoms with Crippen molar-refractivity contribution < 1.29 is 0 Å². The van der Waals surface area contributed by atoms with Crippen LogP contribution in [0.1, 0.15) is 25.8 Å². The lowest BCUT2D eigenvalue weighted by Gasteiger charge is -2.41. The third-order valence-electron chi connectivity index (χ3n) is 3.69. The predicted molar refractivity (Wildman–Crippen MR) is 75.1 cm³/mol. The Morgan fingerprint density at radius 1 is 1.47 bits per heavy atom. The van der Waals surface area contributed by atoms with Gasteiger partial charge in [0.05, 0.1) is 0 Å². The molecular weight excluding hydrogens is 232 g/mol. The van der Waals surface area contributed by atoms with Crippen molar-refractivity contribution >= 4 is 17.3 Å². The van der Waals surface area contributed by atoms with Gasteiger partial charge in [-0.05, 0) is 38.0 Å². The number of nitrogens with one attached hydrogen (secondary N) is 1. The van der Waals surface area contributed by atoms with Crippen LogP contribution < -0.4 is 10.2 Å². The molecule has 1 saturated heterocycles. The number of piperazine rings is 1. The molecule has 1 aromatic rings. The molecule has 0 bridgehead atoms. The van der Waals surface area contributed by atoms with Crippen molar-refractivity contribution in [3.63, 3.8) is 0 Å². The van der Waals surface area contributed by atoms with Gasteiger partial charge in [-0.3, -0.25) is 0 Å². The summed E-state index contributed by atoms with van der Waals surface area (Å²) in [4.78, 5) is 2.48. The molecule has 17 heavy (non-hydrogen) atoms. The molecule has 0 aliphatic carbocycles. The monoisotopic (exact) mass is 252 g/mol. The van der Waals surface area contributed by atoms with Crippen LogP contribution in [0.5, 0.6) is 0 Å². The van der Waals surface area contributed by atoms with E-state index >= 15 is 0 Å². The van der Waals surface area contributed by atoms with Crippen molar-refractivity contribution in [2.24, 2.45) is 0 Å². The molecule has 1 heterocycles. The van der Waals surface area contributed by atoms with Crippen molar-refractivity contribution in [3.05, 3.63) is 28.8 Å². The van der Waals surface area contributed by atoms with E-state index in [-0.39, 0.29) is 0 Å². The maximum absolute atomic E-state index is 6.21. The fourth-order valence-electron chi connectivity index (χ4n) is 2.45. The van der Waals surface area contributed by atoms with E-state index in [9.17, 15) is 0 Å². The molecule has 3 heteroatoms. The molecule has 1 fully saturated rings. The molecule has 0 radical (unpaired) electrons. The molecule has 1 aliphatic rings. The van der Waals surface area contributed by atoms with E-state index in [1.54, 1.807) is 0 Å². The van der Waals surface area contributed by atoms with Crippen molar-refractivity contribution in [1.29, 1.82) is 0 Å². The molecule has 94 valence electrons. The summed E-state index contributed by atoms with van der Waals surface area (Å²) in [5.41, 5.74) is 2.47. The third-order valence-corrected chi connectivity index (χ3v) is 4.10. The molecule has 0 spiro atoms. The summed E-state index contributed by atoms with van der Waals surface area (Å²) in [5, 5.41) is 4.44. The number of hydrogen-bond acceptors (Lipinski definition) is 2. The molecule has 2 rings (SSSR count). The van der Waals surface area contributed by atoms with E-state index in [1.807, 2.05) is 12.1 Å². The van der Waals surface area contributed by atoms with Gasteiger partial charge in [0.2, 0.25) is 0 Å². The first-order chi connectivity index (χ1) is 8.13. The summed E-state index contributed by atoms with van der Waals surface area (Å²) < 4.78 is 0. The summed E-state index contributed by atoms with van der Waals surface area (Å²) in [6, 6.07) is 7.29. The van der Waals surface area contributed by atoms with Gasteiger partial charge in [0, 0.05) is 35.9 Å². The molecule has 1 aromatic carbocycles. The first-order valence-corrected chi connectivity index (χ1v) is 6.76. The normalized spacial score (nSPS) is 25.1. The average molecular weight is 253 g/mol. The predicted octanol–water partition coefficient (Wildman–Crippen LogP) is 3.23. The van der Waals surface area contributed by atoms with E-state index in [2.05, 4.69) is 37.1 Å². The van der Waals surface area contributed by atoms with Crippen molar-refractivity contribution in [2.45, 2.75) is 39.3 Å². The average Bonchev–Trinajstić information content (AvgIpc) is 2.34. The first-order valence-electron chi connectivity index (χ1n) is 6.38. The van der Waals surface area contributed by atoms with Crippen LogP contribution in [0.2, 0.25) is 5.02 Å². The topological polar surface area (TPSA) is 15.3 Å². The fraction of sp³-hybridized carbons (Fsp3) is 0.571. The Labute approximate surface area is 109 Å². The number of anilines is 1. The van der Waals surface area contributed by atoms with Gasteiger partial charge in [-0.2, -0.15) is 0 Å². The molecule has 2 nitrogen and oxygen atoms in total. The number of rotatable bonds is 2. The van der Waals surface area contributed by atoms with Crippen LogP contribution in [-0.4, -0.2) is 25.2 Å². The van der Waals surface area contributed by atoms with Gasteiger partial charge >= 0.3 is 0 Å². The van der Waals surface area contributed by atoms with E-state index in [4.69, 9.17) is 11.6 Å². The van der Waals surface area contributed by atoms with Crippen LogP contribution in [0.25, 0.3) is 0 Å². The minimum atomic E-state index is 0.523. The zero-order chi connectivity index (χ0) is 12.4. The van der Waals surface area contributed by atoms with Crippen molar-refractivity contribution in [2.75, 3.05) is 18.0 Å². The summed E-state index contributed by atoms with van der Waals surface area (Å²) in [6.07, 6.45) is 1.17. The van der Waals surface area contributed by atoms with Gasteiger partial charge in [-0.25, -0.2) is 0 Å². The molecule has 0 saturated carbocycles. The summed E-state index contributed by atoms with van der Waals surface area (Å²) in [5.74, 6) is 0. The van der Waals surface area contributed by atoms with Gasteiger partial charge in [0.1, 0.15) is 0 Å². The highest BCUT2D eigenvalue weighted by molar-refractivity contribution is 6.31. The second-order valence-corrected chi connectivity index (χ2v) is 5.31. The van der Waals surface area contributed by atoms with E-state index in [0.717, 1.165) is 18.1 Å². The van der Waals surface area contributed by atoms with Gasteiger partial charge < -0.3 is 10.2 Å². The third kappa shape index (κ3) is 2.58. The Balaban J connectivity index is 2.27. The number of nitrogens with zero attached hydrogens (tertiary/aromatic N) is 1. The maximum Gasteiger partial charge on any atom is 0.0455 e. The van der Waals surface area contributed by atoms with Crippen LogP contribution in [0, 0.1) is 6.92 Å². The minimum absolute atomic E-state index is 0.523. The van der Waals surface area contributed by atoms with Gasteiger partial charge in [-0.1, -0.05) is 24.6 Å². The number of benzene rings is 1. The van der Waals surface area contributed by atoms with Crippen LogP contribution in [0.4, 0.5) is 5.69 Å². The van der Waals surface area contributed by atoms with Gasteiger partial charge in [0.25, 0.3) is 0 Å². The van der Waals surface area contributed by atoms with Crippen molar-refractivity contribution in [1.82, 2.24) is 5.32 Å². The first kappa shape index (κ1) is 12.7. The Morgan fingerprint density at radius 3 is 2.94 bits per heavy atom. The molecule has 1 N–H and O–H groups in total. The van der Waals surface area contributed by atoms with Crippen LogP contribution >= 0.6 is 11.6 Å². The van der Waals surface area contributed by atoms with Crippen LogP contribution in [0.15, 0.2) is 18.2 Å². The molecule has 1 aliphatic heterocycles. The molecule has 0 aromatic heterocycles. The zero-order valence-electron chi connectivity index (χ0n) is 10.8. The molecular formula is C14H21ClN2. The SMILES string of the molecule is CCC1CN(c2cccc(Cl)c2C)C(C)CN1. The highest BCUT2D eigenvalue weighted by atomic mass is 35.5. The quantitative estimate of drug-likeness (QED) is 0.870. The smallest absolute Gasteiger partial charge is 0.0455 e. The zero-order valence-corrected chi connectivity index (χ0v) is 11.6. The minimum Gasteiger partial charge on any atom is -0.366 e.